The number of hydrogen-bond donors (Lipinski definition) is 1. The van der Waals surface area contributed by atoms with Gasteiger partial charge in [-0.2, -0.15) is 0 Å². The van der Waals surface area contributed by atoms with E-state index in [9.17, 15) is 4.79 Å². The van der Waals surface area contributed by atoms with Gasteiger partial charge in [-0.25, -0.2) is 0 Å². The van der Waals surface area contributed by atoms with Crippen LogP contribution in [-0.2, 0) is 9.53 Å². The summed E-state index contributed by atoms with van der Waals surface area (Å²) in [6.07, 6.45) is 0. The van der Waals surface area contributed by atoms with Crippen LogP contribution in [0.3, 0.4) is 0 Å². The molecule has 1 aromatic carbocycles. The Bertz CT molecular complexity index is 424. The Labute approximate surface area is 115 Å². The third kappa shape index (κ3) is 5.30. The number of nitrogens with one attached hydrogen (secondary N) is 1. The molecule has 0 saturated heterocycles. The highest BCUT2D eigenvalue weighted by Gasteiger charge is 2.17. The number of hydrogen-bond acceptors (Lipinski definition) is 4. The first-order valence-corrected chi connectivity index (χ1v) is 6.41. The van der Waals surface area contributed by atoms with Gasteiger partial charge in [0.1, 0.15) is 11.4 Å². The van der Waals surface area contributed by atoms with Crippen molar-refractivity contribution < 1.29 is 14.3 Å². The van der Waals surface area contributed by atoms with Crippen LogP contribution in [0, 0.1) is 0 Å². The summed E-state index contributed by atoms with van der Waals surface area (Å²) in [6.45, 7) is 7.73. The van der Waals surface area contributed by atoms with Crippen LogP contribution in [0.5, 0.6) is 5.75 Å². The second-order valence-electron chi connectivity index (χ2n) is 5.43. The largest absolute Gasteiger partial charge is 0.496 e. The van der Waals surface area contributed by atoms with Gasteiger partial charge in [0.25, 0.3) is 0 Å². The second kappa shape index (κ2) is 6.57. The zero-order chi connectivity index (χ0) is 14.5. The molecule has 0 fully saturated rings. The number of para-hydroxylation sites is 1. The number of esters is 1. The van der Waals surface area contributed by atoms with Gasteiger partial charge in [-0.05, 0) is 33.8 Å². The number of rotatable bonds is 5. The summed E-state index contributed by atoms with van der Waals surface area (Å²) in [5, 5.41) is 3.14. The maximum Gasteiger partial charge on any atom is 0.320 e. The molecule has 1 aromatic rings. The summed E-state index contributed by atoms with van der Waals surface area (Å²) in [5.41, 5.74) is 0.570. The van der Waals surface area contributed by atoms with Crippen molar-refractivity contribution in [2.75, 3.05) is 13.7 Å². The Morgan fingerprint density at radius 2 is 1.95 bits per heavy atom. The van der Waals surface area contributed by atoms with E-state index < -0.39 is 5.60 Å². The van der Waals surface area contributed by atoms with Gasteiger partial charge in [-0.1, -0.05) is 18.2 Å². The van der Waals surface area contributed by atoms with Crippen molar-refractivity contribution in [3.63, 3.8) is 0 Å². The molecule has 4 nitrogen and oxygen atoms in total. The van der Waals surface area contributed by atoms with Crippen LogP contribution < -0.4 is 10.1 Å². The van der Waals surface area contributed by atoms with Gasteiger partial charge in [-0.15, -0.1) is 0 Å². The zero-order valence-corrected chi connectivity index (χ0v) is 12.3. The third-order valence-corrected chi connectivity index (χ3v) is 2.58. The van der Waals surface area contributed by atoms with Crippen LogP contribution in [0.4, 0.5) is 0 Å². The number of benzene rings is 1. The van der Waals surface area contributed by atoms with Crippen LogP contribution in [0.25, 0.3) is 0 Å². The summed E-state index contributed by atoms with van der Waals surface area (Å²) in [7, 11) is 1.64. The van der Waals surface area contributed by atoms with Crippen LogP contribution in [0.2, 0.25) is 0 Å². The van der Waals surface area contributed by atoms with Crippen LogP contribution in [-0.4, -0.2) is 25.2 Å². The first-order valence-electron chi connectivity index (χ1n) is 6.41. The Kier molecular flexibility index (Phi) is 5.36. The van der Waals surface area contributed by atoms with Gasteiger partial charge in [0.15, 0.2) is 0 Å². The summed E-state index contributed by atoms with van der Waals surface area (Å²) < 4.78 is 10.5. The van der Waals surface area contributed by atoms with Crippen molar-refractivity contribution >= 4 is 5.97 Å². The van der Waals surface area contributed by atoms with E-state index in [4.69, 9.17) is 9.47 Å². The van der Waals surface area contributed by atoms with Crippen LogP contribution in [0.1, 0.15) is 39.3 Å². The first-order chi connectivity index (χ1) is 8.83. The van der Waals surface area contributed by atoms with E-state index in [1.807, 2.05) is 52.0 Å². The molecule has 19 heavy (non-hydrogen) atoms. The monoisotopic (exact) mass is 265 g/mol. The molecule has 106 valence electrons. The topological polar surface area (TPSA) is 47.6 Å². The van der Waals surface area contributed by atoms with E-state index in [0.29, 0.717) is 0 Å². The molecule has 0 aliphatic carbocycles. The van der Waals surface area contributed by atoms with Gasteiger partial charge in [0.05, 0.1) is 13.7 Å². The van der Waals surface area contributed by atoms with Gasteiger partial charge in [0, 0.05) is 11.6 Å². The molecule has 0 spiro atoms. The molecule has 0 amide bonds. The standard InChI is InChI=1S/C15H23NO3/c1-11(12-8-6-7-9-13(12)18-5)16-10-14(17)19-15(2,3)4/h6-9,11,16H,10H2,1-5H3. The molecule has 4 heteroatoms. The smallest absolute Gasteiger partial charge is 0.320 e. The van der Waals surface area contributed by atoms with Crippen molar-refractivity contribution in [2.45, 2.75) is 39.3 Å². The first kappa shape index (κ1) is 15.5. The van der Waals surface area contributed by atoms with E-state index in [-0.39, 0.29) is 18.6 Å². The molecule has 0 heterocycles. The molecule has 1 rings (SSSR count). The Morgan fingerprint density at radius 3 is 2.53 bits per heavy atom. The van der Waals surface area contributed by atoms with Gasteiger partial charge in [-0.3, -0.25) is 4.79 Å². The summed E-state index contributed by atoms with van der Waals surface area (Å²) in [5.74, 6) is 0.556. The molecule has 1 N–H and O–H groups in total. The van der Waals surface area contributed by atoms with Crippen molar-refractivity contribution in [2.24, 2.45) is 0 Å². The van der Waals surface area contributed by atoms with E-state index in [2.05, 4.69) is 5.32 Å². The number of ether oxygens (including phenoxy) is 2. The van der Waals surface area contributed by atoms with E-state index in [1.165, 1.54) is 0 Å². The van der Waals surface area contributed by atoms with E-state index >= 15 is 0 Å². The molecule has 0 saturated carbocycles. The lowest BCUT2D eigenvalue weighted by Crippen LogP contribution is -2.32. The van der Waals surface area contributed by atoms with E-state index in [1.54, 1.807) is 7.11 Å². The lowest BCUT2D eigenvalue weighted by molar-refractivity contribution is -0.153. The molecule has 0 aliphatic rings. The minimum atomic E-state index is -0.452. The molecule has 0 bridgehead atoms. The highest BCUT2D eigenvalue weighted by molar-refractivity contribution is 5.72. The molecule has 1 atom stereocenters. The molecule has 0 aliphatic heterocycles. The maximum atomic E-state index is 11.6. The average Bonchev–Trinajstić information content (AvgIpc) is 2.33. The maximum absolute atomic E-state index is 11.6. The lowest BCUT2D eigenvalue weighted by atomic mass is 10.1. The number of methoxy groups -OCH3 is 1. The summed E-state index contributed by atoms with van der Waals surface area (Å²) in [6, 6.07) is 7.77. The van der Waals surface area contributed by atoms with Crippen molar-refractivity contribution in [1.82, 2.24) is 5.32 Å². The predicted octanol–water partition coefficient (Wildman–Crippen LogP) is 2.69. The van der Waals surface area contributed by atoms with E-state index in [0.717, 1.165) is 11.3 Å². The highest BCUT2D eigenvalue weighted by atomic mass is 16.6. The van der Waals surface area contributed by atoms with Gasteiger partial charge >= 0.3 is 5.97 Å². The van der Waals surface area contributed by atoms with Gasteiger partial charge < -0.3 is 14.8 Å². The molecular weight excluding hydrogens is 242 g/mol. The highest BCUT2D eigenvalue weighted by Crippen LogP contribution is 2.24. The predicted molar refractivity (Wildman–Crippen MR) is 75.3 cm³/mol. The fourth-order valence-corrected chi connectivity index (χ4v) is 1.75. The van der Waals surface area contributed by atoms with Gasteiger partial charge in [0.2, 0.25) is 0 Å². The van der Waals surface area contributed by atoms with Crippen molar-refractivity contribution in [3.05, 3.63) is 29.8 Å². The molecular formula is C15H23NO3. The molecule has 0 aromatic heterocycles. The third-order valence-electron chi connectivity index (χ3n) is 2.58. The number of carbonyl (C=O) groups is 1. The normalized spacial score (nSPS) is 12.9. The second-order valence-corrected chi connectivity index (χ2v) is 5.43. The zero-order valence-electron chi connectivity index (χ0n) is 12.3. The lowest BCUT2D eigenvalue weighted by Gasteiger charge is -2.21. The number of carbonyl (C=O) groups excluding carboxylic acids is 1. The van der Waals surface area contributed by atoms with Crippen molar-refractivity contribution in [3.8, 4) is 5.75 Å². The average molecular weight is 265 g/mol. The minimum Gasteiger partial charge on any atom is -0.496 e. The Morgan fingerprint density at radius 1 is 1.32 bits per heavy atom. The molecule has 1 unspecified atom stereocenters. The Balaban J connectivity index is 2.56. The quantitative estimate of drug-likeness (QED) is 0.832. The van der Waals surface area contributed by atoms with Crippen LogP contribution >= 0.6 is 0 Å². The fourth-order valence-electron chi connectivity index (χ4n) is 1.75. The molecule has 0 radical (unpaired) electrons. The Hall–Kier alpha value is -1.55. The summed E-state index contributed by atoms with van der Waals surface area (Å²) in [4.78, 5) is 11.6. The van der Waals surface area contributed by atoms with Crippen LogP contribution in [0.15, 0.2) is 24.3 Å². The SMILES string of the molecule is COc1ccccc1C(C)NCC(=O)OC(C)(C)C. The fraction of sp³-hybridized carbons (Fsp3) is 0.533. The summed E-state index contributed by atoms with van der Waals surface area (Å²) >= 11 is 0. The minimum absolute atomic E-state index is 0.0173. The van der Waals surface area contributed by atoms with Crippen molar-refractivity contribution in [1.29, 1.82) is 0 Å².